The molecule has 1 aliphatic rings. The van der Waals surface area contributed by atoms with Crippen LogP contribution in [0, 0.1) is 0 Å². The predicted octanol–water partition coefficient (Wildman–Crippen LogP) is 5.80. The number of thiazole rings is 1. The van der Waals surface area contributed by atoms with E-state index >= 15 is 0 Å². The lowest BCUT2D eigenvalue weighted by Crippen LogP contribution is -2.43. The van der Waals surface area contributed by atoms with Crippen molar-refractivity contribution in [1.29, 1.82) is 0 Å². The highest BCUT2D eigenvalue weighted by molar-refractivity contribution is 7.23. The Labute approximate surface area is 197 Å². The first kappa shape index (κ1) is 21.1. The van der Waals surface area contributed by atoms with Crippen LogP contribution in [0.1, 0.15) is 9.67 Å². The van der Waals surface area contributed by atoms with Crippen LogP contribution in [0.5, 0.6) is 0 Å². The summed E-state index contributed by atoms with van der Waals surface area (Å²) in [6.07, 6.45) is 0. The van der Waals surface area contributed by atoms with E-state index in [4.69, 9.17) is 32.9 Å². The first-order valence-corrected chi connectivity index (χ1v) is 12.3. The summed E-state index contributed by atoms with van der Waals surface area (Å²) < 4.78 is 7.40. The number of para-hydroxylation sites is 1. The predicted molar refractivity (Wildman–Crippen MR) is 130 cm³/mol. The van der Waals surface area contributed by atoms with Crippen LogP contribution in [0.15, 0.2) is 42.5 Å². The molecule has 0 N–H and O–H groups in total. The van der Waals surface area contributed by atoms with Gasteiger partial charge in [0.05, 0.1) is 28.0 Å². The zero-order valence-electron chi connectivity index (χ0n) is 16.5. The van der Waals surface area contributed by atoms with Gasteiger partial charge in [0.25, 0.3) is 5.91 Å². The molecule has 2 aromatic carbocycles. The molecule has 2 aromatic heterocycles. The molecular weight excluding hydrogens is 473 g/mol. The second kappa shape index (κ2) is 9.02. The minimum absolute atomic E-state index is 0.130. The number of halogens is 2. The van der Waals surface area contributed by atoms with Crippen molar-refractivity contribution in [2.24, 2.45) is 0 Å². The summed E-state index contributed by atoms with van der Waals surface area (Å²) >= 11 is 15.9. The van der Waals surface area contributed by atoms with E-state index < -0.39 is 0 Å². The van der Waals surface area contributed by atoms with Crippen molar-refractivity contribution in [3.05, 3.63) is 57.4 Å². The van der Waals surface area contributed by atoms with Gasteiger partial charge >= 0.3 is 0 Å². The Balaban J connectivity index is 1.52. The number of carbonyl (C=O) groups is 1. The largest absolute Gasteiger partial charge is 0.379 e. The van der Waals surface area contributed by atoms with E-state index in [0.29, 0.717) is 39.8 Å². The average molecular weight is 492 g/mol. The van der Waals surface area contributed by atoms with Crippen LogP contribution in [-0.4, -0.2) is 55.2 Å². The summed E-state index contributed by atoms with van der Waals surface area (Å²) in [5.41, 5.74) is 0.718. The SMILES string of the molecule is O=C(c1sc2ccccc2c1Cl)N(CCN1CCOCC1)c1nc2c(Cl)cccc2s1. The number of rotatable bonds is 5. The van der Waals surface area contributed by atoms with Gasteiger partial charge in [0, 0.05) is 36.3 Å². The van der Waals surface area contributed by atoms with Crippen LogP contribution >= 0.6 is 45.9 Å². The molecule has 0 atom stereocenters. The number of thiophene rings is 1. The maximum Gasteiger partial charge on any atom is 0.271 e. The molecule has 31 heavy (non-hydrogen) atoms. The van der Waals surface area contributed by atoms with Gasteiger partial charge in [-0.1, -0.05) is 58.8 Å². The molecule has 0 saturated carbocycles. The first-order valence-electron chi connectivity index (χ1n) is 9.96. The summed E-state index contributed by atoms with van der Waals surface area (Å²) in [5.74, 6) is -0.130. The number of hydrogen-bond acceptors (Lipinski definition) is 6. The van der Waals surface area contributed by atoms with Crippen LogP contribution < -0.4 is 4.90 Å². The molecule has 1 saturated heterocycles. The molecule has 1 amide bonds. The third kappa shape index (κ3) is 4.18. The molecule has 0 spiro atoms. The molecule has 1 aliphatic heterocycles. The smallest absolute Gasteiger partial charge is 0.271 e. The van der Waals surface area contributed by atoms with E-state index in [1.165, 1.54) is 22.7 Å². The Hall–Kier alpha value is -1.74. The Bertz CT molecular complexity index is 1250. The molecule has 4 aromatic rings. The average Bonchev–Trinajstić information content (AvgIpc) is 3.37. The minimum atomic E-state index is -0.130. The minimum Gasteiger partial charge on any atom is -0.379 e. The van der Waals surface area contributed by atoms with Crippen molar-refractivity contribution in [3.8, 4) is 0 Å². The van der Waals surface area contributed by atoms with E-state index in [9.17, 15) is 4.79 Å². The molecule has 5 nitrogen and oxygen atoms in total. The van der Waals surface area contributed by atoms with Gasteiger partial charge in [0.15, 0.2) is 5.13 Å². The number of benzene rings is 2. The number of hydrogen-bond donors (Lipinski definition) is 0. The van der Waals surface area contributed by atoms with Gasteiger partial charge in [0.1, 0.15) is 10.4 Å². The molecule has 0 radical (unpaired) electrons. The monoisotopic (exact) mass is 491 g/mol. The van der Waals surface area contributed by atoms with E-state index in [-0.39, 0.29) is 5.91 Å². The van der Waals surface area contributed by atoms with E-state index in [1.807, 2.05) is 42.5 Å². The third-order valence-electron chi connectivity index (χ3n) is 5.31. The number of ether oxygens (including phenoxy) is 1. The number of aromatic nitrogens is 1. The quantitative estimate of drug-likeness (QED) is 0.354. The maximum atomic E-state index is 13.7. The van der Waals surface area contributed by atoms with Crippen molar-refractivity contribution in [3.63, 3.8) is 0 Å². The molecule has 0 aliphatic carbocycles. The van der Waals surface area contributed by atoms with E-state index in [1.54, 1.807) is 4.90 Å². The highest BCUT2D eigenvalue weighted by Crippen LogP contribution is 2.38. The molecule has 160 valence electrons. The fraction of sp³-hybridized carbons (Fsp3) is 0.273. The Morgan fingerprint density at radius 1 is 1.06 bits per heavy atom. The molecule has 0 bridgehead atoms. The number of amides is 1. The van der Waals surface area contributed by atoms with Gasteiger partial charge in [-0.05, 0) is 18.2 Å². The highest BCUT2D eigenvalue weighted by atomic mass is 35.5. The zero-order chi connectivity index (χ0) is 21.4. The van der Waals surface area contributed by atoms with E-state index in [2.05, 4.69) is 4.90 Å². The van der Waals surface area contributed by atoms with Crippen molar-refractivity contribution >= 4 is 77.2 Å². The van der Waals surface area contributed by atoms with Crippen LogP contribution in [-0.2, 0) is 4.74 Å². The molecule has 0 unspecified atom stereocenters. The third-order valence-corrected chi connectivity index (χ3v) is 8.32. The maximum absolute atomic E-state index is 13.7. The normalized spacial score (nSPS) is 15.0. The lowest BCUT2D eigenvalue weighted by Gasteiger charge is -2.29. The summed E-state index contributed by atoms with van der Waals surface area (Å²) in [5, 5.41) is 2.62. The Morgan fingerprint density at radius 2 is 1.84 bits per heavy atom. The number of nitrogens with zero attached hydrogens (tertiary/aromatic N) is 3. The lowest BCUT2D eigenvalue weighted by molar-refractivity contribution is 0.0391. The van der Waals surface area contributed by atoms with Gasteiger partial charge in [-0.15, -0.1) is 11.3 Å². The molecular formula is C22H19Cl2N3O2S2. The van der Waals surface area contributed by atoms with Gasteiger partial charge in [-0.3, -0.25) is 14.6 Å². The summed E-state index contributed by atoms with van der Waals surface area (Å²) in [4.78, 5) is 23.0. The number of fused-ring (bicyclic) bond motifs is 2. The van der Waals surface area contributed by atoms with Crippen molar-refractivity contribution < 1.29 is 9.53 Å². The topological polar surface area (TPSA) is 45.7 Å². The van der Waals surface area contributed by atoms with Gasteiger partial charge in [0.2, 0.25) is 0 Å². The fourth-order valence-corrected chi connectivity index (χ4v) is 6.39. The first-order chi connectivity index (χ1) is 15.1. The molecule has 1 fully saturated rings. The number of morpholine rings is 1. The highest BCUT2D eigenvalue weighted by Gasteiger charge is 2.27. The Kier molecular flexibility index (Phi) is 6.14. The summed E-state index contributed by atoms with van der Waals surface area (Å²) in [7, 11) is 0. The lowest BCUT2D eigenvalue weighted by atomic mass is 10.2. The van der Waals surface area contributed by atoms with E-state index in [0.717, 1.165) is 39.9 Å². The van der Waals surface area contributed by atoms with Crippen molar-refractivity contribution in [2.45, 2.75) is 0 Å². The fourth-order valence-electron chi connectivity index (χ4n) is 3.64. The standard InChI is InChI=1S/C22H19Cl2N3O2S2/c23-15-5-3-7-17-19(15)25-22(31-17)27(9-8-26-10-12-29-13-11-26)21(28)20-18(24)14-4-1-2-6-16(14)30-20/h1-7H,8-13H2. The molecule has 5 rings (SSSR count). The second-order valence-electron chi connectivity index (χ2n) is 7.24. The second-order valence-corrected chi connectivity index (χ2v) is 10.1. The summed E-state index contributed by atoms with van der Waals surface area (Å²) in [6, 6.07) is 13.5. The van der Waals surface area contributed by atoms with Gasteiger partial charge < -0.3 is 4.74 Å². The summed E-state index contributed by atoms with van der Waals surface area (Å²) in [6.45, 7) is 4.40. The number of anilines is 1. The van der Waals surface area contributed by atoms with Crippen LogP contribution in [0.2, 0.25) is 10.0 Å². The molecule has 9 heteroatoms. The van der Waals surface area contributed by atoms with Crippen molar-refractivity contribution in [2.75, 3.05) is 44.3 Å². The van der Waals surface area contributed by atoms with Crippen LogP contribution in [0.25, 0.3) is 20.3 Å². The molecule has 3 heterocycles. The number of carbonyl (C=O) groups excluding carboxylic acids is 1. The van der Waals surface area contributed by atoms with Gasteiger partial charge in [-0.25, -0.2) is 4.98 Å². The van der Waals surface area contributed by atoms with Crippen molar-refractivity contribution in [1.82, 2.24) is 9.88 Å². The zero-order valence-corrected chi connectivity index (χ0v) is 19.7. The van der Waals surface area contributed by atoms with Crippen LogP contribution in [0.3, 0.4) is 0 Å². The van der Waals surface area contributed by atoms with Gasteiger partial charge in [-0.2, -0.15) is 0 Å². The Morgan fingerprint density at radius 3 is 2.61 bits per heavy atom. The van der Waals surface area contributed by atoms with Crippen LogP contribution in [0.4, 0.5) is 5.13 Å².